The molecule has 0 spiro atoms. The Balaban J connectivity index is 1.87. The highest BCUT2D eigenvalue weighted by Gasteiger charge is 2.06. The third kappa shape index (κ3) is 2.34. The van der Waals surface area contributed by atoms with Gasteiger partial charge in [0.25, 0.3) is 0 Å². The van der Waals surface area contributed by atoms with Gasteiger partial charge in [0.1, 0.15) is 12.4 Å². The number of benzene rings is 2. The van der Waals surface area contributed by atoms with Gasteiger partial charge in [0.2, 0.25) is 0 Å². The first-order valence-electron chi connectivity index (χ1n) is 6.47. The lowest BCUT2D eigenvalue weighted by molar-refractivity contribution is 0.298. The molecular formula is C17H17NO. The van der Waals surface area contributed by atoms with Crippen LogP contribution in [0, 0.1) is 6.92 Å². The van der Waals surface area contributed by atoms with Crippen molar-refractivity contribution >= 4 is 10.9 Å². The topological polar surface area (TPSA) is 14.2 Å². The van der Waals surface area contributed by atoms with E-state index in [4.69, 9.17) is 4.74 Å². The molecule has 0 aliphatic heterocycles. The molecule has 0 saturated carbocycles. The van der Waals surface area contributed by atoms with Crippen LogP contribution in [-0.4, -0.2) is 4.57 Å². The maximum absolute atomic E-state index is 5.81. The molecule has 0 bridgehead atoms. The molecule has 2 heteroatoms. The minimum atomic E-state index is 0.592. The van der Waals surface area contributed by atoms with Crippen LogP contribution < -0.4 is 4.74 Å². The van der Waals surface area contributed by atoms with Gasteiger partial charge in [-0.25, -0.2) is 0 Å². The van der Waals surface area contributed by atoms with Crippen LogP contribution in [0.3, 0.4) is 0 Å². The van der Waals surface area contributed by atoms with Crippen molar-refractivity contribution in [2.24, 2.45) is 7.05 Å². The zero-order valence-corrected chi connectivity index (χ0v) is 11.3. The van der Waals surface area contributed by atoms with Gasteiger partial charge in [-0.05, 0) is 37.3 Å². The van der Waals surface area contributed by atoms with E-state index in [0.717, 1.165) is 5.75 Å². The molecule has 0 aliphatic rings. The van der Waals surface area contributed by atoms with E-state index in [0.29, 0.717) is 6.61 Å². The Morgan fingerprint density at radius 1 is 1.00 bits per heavy atom. The maximum Gasteiger partial charge on any atom is 0.128 e. The minimum absolute atomic E-state index is 0.592. The fourth-order valence-corrected chi connectivity index (χ4v) is 2.34. The molecule has 2 nitrogen and oxygen atoms in total. The van der Waals surface area contributed by atoms with Gasteiger partial charge in [0, 0.05) is 18.0 Å². The summed E-state index contributed by atoms with van der Waals surface area (Å²) in [5.41, 5.74) is 3.72. The summed E-state index contributed by atoms with van der Waals surface area (Å²) >= 11 is 0. The molecule has 19 heavy (non-hydrogen) atoms. The maximum atomic E-state index is 5.81. The molecule has 3 aromatic rings. The molecule has 0 N–H and O–H groups in total. The van der Waals surface area contributed by atoms with Crippen molar-refractivity contribution in [2.45, 2.75) is 13.5 Å². The highest BCUT2D eigenvalue weighted by molar-refractivity contribution is 5.82. The SMILES string of the molecule is Cc1ccc2c(c1)cc(COc1ccccc1)n2C. The molecule has 0 amide bonds. The number of fused-ring (bicyclic) bond motifs is 1. The largest absolute Gasteiger partial charge is 0.487 e. The summed E-state index contributed by atoms with van der Waals surface area (Å²) in [4.78, 5) is 0. The predicted molar refractivity (Wildman–Crippen MR) is 78.4 cm³/mol. The lowest BCUT2D eigenvalue weighted by Gasteiger charge is -2.07. The van der Waals surface area contributed by atoms with Crippen LogP contribution in [0.15, 0.2) is 54.6 Å². The lowest BCUT2D eigenvalue weighted by atomic mass is 10.2. The van der Waals surface area contributed by atoms with Crippen molar-refractivity contribution < 1.29 is 4.74 Å². The standard InChI is InChI=1S/C17H17NO/c1-13-8-9-17-14(10-13)11-15(18(17)2)12-19-16-6-4-3-5-7-16/h3-11H,12H2,1-2H3. The lowest BCUT2D eigenvalue weighted by Crippen LogP contribution is -2.01. The molecule has 0 unspecified atom stereocenters. The Bertz CT molecular complexity index is 698. The van der Waals surface area contributed by atoms with Gasteiger partial charge < -0.3 is 9.30 Å². The van der Waals surface area contributed by atoms with Crippen LogP contribution in [0.5, 0.6) is 5.75 Å². The average Bonchev–Trinajstić information content (AvgIpc) is 2.74. The van der Waals surface area contributed by atoms with Gasteiger partial charge in [0.15, 0.2) is 0 Å². The predicted octanol–water partition coefficient (Wildman–Crippen LogP) is 4.07. The van der Waals surface area contributed by atoms with E-state index in [1.54, 1.807) is 0 Å². The van der Waals surface area contributed by atoms with Crippen LogP contribution in [0.25, 0.3) is 10.9 Å². The molecule has 2 aromatic carbocycles. The monoisotopic (exact) mass is 251 g/mol. The first kappa shape index (κ1) is 11.8. The fraction of sp³-hybridized carbons (Fsp3) is 0.176. The summed E-state index contributed by atoms with van der Waals surface area (Å²) in [5, 5.41) is 1.27. The Hall–Kier alpha value is -2.22. The Morgan fingerprint density at radius 3 is 2.58 bits per heavy atom. The summed E-state index contributed by atoms with van der Waals surface area (Å²) in [6.07, 6.45) is 0. The average molecular weight is 251 g/mol. The van der Waals surface area contributed by atoms with Crippen molar-refractivity contribution in [1.29, 1.82) is 0 Å². The second kappa shape index (κ2) is 4.81. The van der Waals surface area contributed by atoms with Crippen molar-refractivity contribution in [3.63, 3.8) is 0 Å². The van der Waals surface area contributed by atoms with E-state index in [-0.39, 0.29) is 0 Å². The molecule has 1 aromatic heterocycles. The quantitative estimate of drug-likeness (QED) is 0.684. The van der Waals surface area contributed by atoms with Gasteiger partial charge in [-0.3, -0.25) is 0 Å². The number of nitrogens with zero attached hydrogens (tertiary/aromatic N) is 1. The molecule has 0 atom stereocenters. The summed E-state index contributed by atoms with van der Waals surface area (Å²) < 4.78 is 8.00. The molecular weight excluding hydrogens is 234 g/mol. The minimum Gasteiger partial charge on any atom is -0.487 e. The normalized spacial score (nSPS) is 10.8. The van der Waals surface area contributed by atoms with Crippen molar-refractivity contribution in [1.82, 2.24) is 4.57 Å². The summed E-state index contributed by atoms with van der Waals surface area (Å²) in [6, 6.07) is 18.6. The van der Waals surface area contributed by atoms with E-state index in [1.807, 2.05) is 30.3 Å². The third-order valence-corrected chi connectivity index (χ3v) is 3.43. The van der Waals surface area contributed by atoms with E-state index >= 15 is 0 Å². The number of aryl methyl sites for hydroxylation is 2. The van der Waals surface area contributed by atoms with Gasteiger partial charge >= 0.3 is 0 Å². The molecule has 96 valence electrons. The summed E-state index contributed by atoms with van der Waals surface area (Å²) in [6.45, 7) is 2.71. The number of rotatable bonds is 3. The Labute approximate surface area is 113 Å². The highest BCUT2D eigenvalue weighted by Crippen LogP contribution is 2.21. The smallest absolute Gasteiger partial charge is 0.128 e. The number of aromatic nitrogens is 1. The zero-order valence-electron chi connectivity index (χ0n) is 11.3. The summed E-state index contributed by atoms with van der Waals surface area (Å²) in [7, 11) is 2.08. The number of hydrogen-bond donors (Lipinski definition) is 0. The van der Waals surface area contributed by atoms with Crippen LogP contribution in [0.2, 0.25) is 0 Å². The second-order valence-electron chi connectivity index (χ2n) is 4.86. The molecule has 3 rings (SSSR count). The van der Waals surface area contributed by atoms with E-state index < -0.39 is 0 Å². The third-order valence-electron chi connectivity index (χ3n) is 3.43. The van der Waals surface area contributed by atoms with E-state index in [9.17, 15) is 0 Å². The second-order valence-corrected chi connectivity index (χ2v) is 4.86. The summed E-state index contributed by atoms with van der Waals surface area (Å²) in [5.74, 6) is 0.906. The van der Waals surface area contributed by atoms with Gasteiger partial charge in [-0.2, -0.15) is 0 Å². The van der Waals surface area contributed by atoms with Gasteiger partial charge in [-0.15, -0.1) is 0 Å². The fourth-order valence-electron chi connectivity index (χ4n) is 2.34. The van der Waals surface area contributed by atoms with Gasteiger partial charge in [-0.1, -0.05) is 29.8 Å². The number of para-hydroxylation sites is 1. The first-order valence-corrected chi connectivity index (χ1v) is 6.47. The highest BCUT2D eigenvalue weighted by atomic mass is 16.5. The van der Waals surface area contributed by atoms with Crippen LogP contribution in [0.1, 0.15) is 11.3 Å². The molecule has 0 saturated heterocycles. The number of hydrogen-bond acceptors (Lipinski definition) is 1. The first-order chi connectivity index (χ1) is 9.24. The molecule has 1 heterocycles. The van der Waals surface area contributed by atoms with Crippen molar-refractivity contribution in [3.05, 3.63) is 65.9 Å². The molecule has 0 fully saturated rings. The van der Waals surface area contributed by atoms with Crippen molar-refractivity contribution in [3.8, 4) is 5.75 Å². The van der Waals surface area contributed by atoms with Crippen LogP contribution in [0.4, 0.5) is 0 Å². The molecule has 0 radical (unpaired) electrons. The number of ether oxygens (including phenoxy) is 1. The van der Waals surface area contributed by atoms with E-state index in [2.05, 4.69) is 42.8 Å². The van der Waals surface area contributed by atoms with Gasteiger partial charge in [0.05, 0.1) is 5.69 Å². The van der Waals surface area contributed by atoms with Crippen molar-refractivity contribution in [2.75, 3.05) is 0 Å². The molecule has 0 aliphatic carbocycles. The Morgan fingerprint density at radius 2 is 1.79 bits per heavy atom. The zero-order chi connectivity index (χ0) is 13.2. The Kier molecular flexibility index (Phi) is 3.00. The van der Waals surface area contributed by atoms with Crippen LogP contribution >= 0.6 is 0 Å². The van der Waals surface area contributed by atoms with E-state index in [1.165, 1.54) is 22.2 Å². The van der Waals surface area contributed by atoms with Crippen LogP contribution in [-0.2, 0) is 13.7 Å².